The van der Waals surface area contributed by atoms with Crippen LogP contribution in [0.2, 0.25) is 0 Å². The van der Waals surface area contributed by atoms with Gasteiger partial charge in [-0.3, -0.25) is 4.79 Å². The highest BCUT2D eigenvalue weighted by atomic mass is 16.5. The van der Waals surface area contributed by atoms with Crippen molar-refractivity contribution in [2.24, 2.45) is 11.8 Å². The first-order valence-electron chi connectivity index (χ1n) is 8.02. The van der Waals surface area contributed by atoms with E-state index in [1.807, 2.05) is 11.9 Å². The molecule has 2 rings (SSSR count). The number of hydrogen-bond acceptors (Lipinski definition) is 2. The topological polar surface area (TPSA) is 29.5 Å². The Bertz CT molecular complexity index is 286. The summed E-state index contributed by atoms with van der Waals surface area (Å²) in [4.78, 5) is 14.0. The third-order valence-electron chi connectivity index (χ3n) is 4.89. The Balaban J connectivity index is 1.67. The molecule has 110 valence electrons. The molecule has 2 fully saturated rings. The molecule has 0 N–H and O–H groups in total. The molecule has 0 aliphatic heterocycles. The summed E-state index contributed by atoms with van der Waals surface area (Å²) in [6, 6.07) is 0. The molecular weight excluding hydrogens is 238 g/mol. The van der Waals surface area contributed by atoms with Crippen LogP contribution in [0.5, 0.6) is 0 Å². The van der Waals surface area contributed by atoms with Crippen LogP contribution in [0, 0.1) is 11.8 Å². The van der Waals surface area contributed by atoms with E-state index >= 15 is 0 Å². The maximum Gasteiger partial charge on any atom is 0.248 e. The van der Waals surface area contributed by atoms with Crippen LogP contribution in [0.1, 0.15) is 58.3 Å². The van der Waals surface area contributed by atoms with Gasteiger partial charge < -0.3 is 9.64 Å². The zero-order valence-corrected chi connectivity index (χ0v) is 12.6. The smallest absolute Gasteiger partial charge is 0.248 e. The average molecular weight is 267 g/mol. The lowest BCUT2D eigenvalue weighted by Gasteiger charge is -2.29. The summed E-state index contributed by atoms with van der Waals surface area (Å²) in [7, 11) is 1.92. The van der Waals surface area contributed by atoms with Gasteiger partial charge in [-0.05, 0) is 37.5 Å². The van der Waals surface area contributed by atoms with Gasteiger partial charge >= 0.3 is 0 Å². The molecule has 19 heavy (non-hydrogen) atoms. The first-order valence-corrected chi connectivity index (χ1v) is 8.02. The molecule has 1 amide bonds. The van der Waals surface area contributed by atoms with Gasteiger partial charge in [0.2, 0.25) is 5.91 Å². The van der Waals surface area contributed by atoms with Crippen LogP contribution in [-0.4, -0.2) is 37.1 Å². The Morgan fingerprint density at radius 3 is 2.42 bits per heavy atom. The largest absolute Gasteiger partial charge is 0.368 e. The minimum absolute atomic E-state index is 0.157. The van der Waals surface area contributed by atoms with Gasteiger partial charge in [0.05, 0.1) is 6.10 Å². The molecule has 3 nitrogen and oxygen atoms in total. The lowest BCUT2D eigenvalue weighted by molar-refractivity contribution is -0.139. The van der Waals surface area contributed by atoms with E-state index in [1.54, 1.807) is 0 Å². The highest BCUT2D eigenvalue weighted by Crippen LogP contribution is 2.27. The fraction of sp³-hybridized carbons (Fsp3) is 0.938. The third-order valence-corrected chi connectivity index (χ3v) is 4.89. The van der Waals surface area contributed by atoms with E-state index in [9.17, 15) is 4.79 Å². The van der Waals surface area contributed by atoms with E-state index in [4.69, 9.17) is 4.74 Å². The van der Waals surface area contributed by atoms with Crippen LogP contribution in [0.4, 0.5) is 0 Å². The summed E-state index contributed by atoms with van der Waals surface area (Å²) >= 11 is 0. The molecule has 0 saturated heterocycles. The number of ether oxygens (including phenoxy) is 1. The number of nitrogens with zero attached hydrogens (tertiary/aromatic N) is 1. The van der Waals surface area contributed by atoms with Crippen molar-refractivity contribution in [1.82, 2.24) is 4.90 Å². The third kappa shape index (κ3) is 4.48. The molecule has 0 bridgehead atoms. The summed E-state index contributed by atoms with van der Waals surface area (Å²) in [5.74, 6) is 1.49. The molecule has 0 aromatic carbocycles. The Kier molecular flexibility index (Phi) is 5.68. The van der Waals surface area contributed by atoms with Gasteiger partial charge in [0.15, 0.2) is 0 Å². The van der Waals surface area contributed by atoms with E-state index in [-0.39, 0.29) is 12.5 Å². The summed E-state index contributed by atoms with van der Waals surface area (Å²) < 4.78 is 5.85. The first-order chi connectivity index (χ1) is 9.16. The minimum atomic E-state index is 0.157. The maximum atomic E-state index is 12.1. The van der Waals surface area contributed by atoms with Crippen molar-refractivity contribution in [3.8, 4) is 0 Å². The Hall–Kier alpha value is -0.570. The molecule has 2 atom stereocenters. The first kappa shape index (κ1) is 14.8. The predicted molar refractivity (Wildman–Crippen MR) is 77.0 cm³/mol. The number of rotatable bonds is 5. The zero-order chi connectivity index (χ0) is 13.7. The Morgan fingerprint density at radius 1 is 1.11 bits per heavy atom. The van der Waals surface area contributed by atoms with Crippen molar-refractivity contribution >= 4 is 5.91 Å². The number of carbonyl (C=O) groups is 1. The maximum absolute atomic E-state index is 12.1. The van der Waals surface area contributed by atoms with Crippen LogP contribution in [-0.2, 0) is 9.53 Å². The fourth-order valence-corrected chi connectivity index (χ4v) is 3.50. The molecular formula is C16H29NO2. The fourth-order valence-electron chi connectivity index (χ4n) is 3.50. The SMILES string of the molecule is CC1CCCCC1OCC(=O)N(C)CC1CCCC1. The highest BCUT2D eigenvalue weighted by molar-refractivity contribution is 5.77. The van der Waals surface area contributed by atoms with Crippen LogP contribution in [0.25, 0.3) is 0 Å². The van der Waals surface area contributed by atoms with Crippen molar-refractivity contribution in [1.29, 1.82) is 0 Å². The number of likely N-dealkylation sites (N-methyl/N-ethyl adjacent to an activating group) is 1. The Labute approximate surface area is 117 Å². The minimum Gasteiger partial charge on any atom is -0.368 e. The van der Waals surface area contributed by atoms with E-state index < -0.39 is 0 Å². The van der Waals surface area contributed by atoms with Crippen LogP contribution in [0.3, 0.4) is 0 Å². The molecule has 0 heterocycles. The van der Waals surface area contributed by atoms with Crippen molar-refractivity contribution < 1.29 is 9.53 Å². The van der Waals surface area contributed by atoms with E-state index in [1.165, 1.54) is 44.9 Å². The van der Waals surface area contributed by atoms with Gasteiger partial charge in [-0.25, -0.2) is 0 Å². The molecule has 2 unspecified atom stereocenters. The molecule has 2 aliphatic carbocycles. The standard InChI is InChI=1S/C16H29NO2/c1-13-7-3-6-10-15(13)19-12-16(18)17(2)11-14-8-4-5-9-14/h13-15H,3-12H2,1-2H3. The van der Waals surface area contributed by atoms with Gasteiger partial charge in [0, 0.05) is 13.6 Å². The summed E-state index contributed by atoms with van der Waals surface area (Å²) in [5, 5.41) is 0. The number of amides is 1. The molecule has 0 spiro atoms. The summed E-state index contributed by atoms with van der Waals surface area (Å²) in [5.41, 5.74) is 0. The Morgan fingerprint density at radius 2 is 1.74 bits per heavy atom. The van der Waals surface area contributed by atoms with Gasteiger partial charge in [0.1, 0.15) is 6.61 Å². The second-order valence-electron chi connectivity index (χ2n) is 6.54. The normalized spacial score (nSPS) is 28.5. The van der Waals surface area contributed by atoms with Crippen molar-refractivity contribution in [2.45, 2.75) is 64.4 Å². The molecule has 2 saturated carbocycles. The lowest BCUT2D eigenvalue weighted by atomic mass is 9.88. The molecule has 3 heteroatoms. The number of hydrogen-bond donors (Lipinski definition) is 0. The second-order valence-corrected chi connectivity index (χ2v) is 6.54. The molecule has 0 aromatic rings. The monoisotopic (exact) mass is 267 g/mol. The van der Waals surface area contributed by atoms with Crippen molar-refractivity contribution in [3.05, 3.63) is 0 Å². The average Bonchev–Trinajstić information content (AvgIpc) is 2.90. The van der Waals surface area contributed by atoms with Crippen LogP contribution >= 0.6 is 0 Å². The molecule has 0 radical (unpaired) electrons. The van der Waals surface area contributed by atoms with E-state index in [0.717, 1.165) is 18.9 Å². The van der Waals surface area contributed by atoms with Crippen LogP contribution < -0.4 is 0 Å². The highest BCUT2D eigenvalue weighted by Gasteiger charge is 2.24. The molecule has 2 aliphatic rings. The second kappa shape index (κ2) is 7.28. The lowest BCUT2D eigenvalue weighted by Crippen LogP contribution is -2.36. The number of carbonyl (C=O) groups excluding carboxylic acids is 1. The van der Waals surface area contributed by atoms with Gasteiger partial charge in [-0.2, -0.15) is 0 Å². The van der Waals surface area contributed by atoms with E-state index in [2.05, 4.69) is 6.92 Å². The van der Waals surface area contributed by atoms with Crippen LogP contribution in [0.15, 0.2) is 0 Å². The van der Waals surface area contributed by atoms with Gasteiger partial charge in [-0.1, -0.05) is 32.6 Å². The van der Waals surface area contributed by atoms with Crippen molar-refractivity contribution in [2.75, 3.05) is 20.2 Å². The van der Waals surface area contributed by atoms with E-state index in [0.29, 0.717) is 12.0 Å². The summed E-state index contributed by atoms with van der Waals surface area (Å²) in [6.45, 7) is 3.44. The quantitative estimate of drug-likeness (QED) is 0.765. The summed E-state index contributed by atoms with van der Waals surface area (Å²) in [6.07, 6.45) is 10.5. The predicted octanol–water partition coefficient (Wildman–Crippen LogP) is 3.23. The van der Waals surface area contributed by atoms with Gasteiger partial charge in [0.25, 0.3) is 0 Å². The zero-order valence-electron chi connectivity index (χ0n) is 12.6. The molecule has 0 aromatic heterocycles. The van der Waals surface area contributed by atoms with Gasteiger partial charge in [-0.15, -0.1) is 0 Å². The van der Waals surface area contributed by atoms with Crippen molar-refractivity contribution in [3.63, 3.8) is 0 Å².